The van der Waals surface area contributed by atoms with E-state index in [2.05, 4.69) is 18.7 Å². The largest absolute Gasteiger partial charge is 0.504 e. The molecule has 3 rings (SSSR count). The van der Waals surface area contributed by atoms with E-state index in [0.29, 0.717) is 12.3 Å². The zero-order chi connectivity index (χ0) is 18.9. The topological polar surface area (TPSA) is 32.7 Å². The number of hydrogen-bond donors (Lipinski definition) is 1. The Kier molecular flexibility index (Phi) is 6.77. The summed E-state index contributed by atoms with van der Waals surface area (Å²) in [6.45, 7) is 9.76. The molecule has 1 aliphatic heterocycles. The lowest BCUT2D eigenvalue weighted by molar-refractivity contribution is 0.109. The second-order valence-corrected chi connectivity index (χ2v) is 8.01. The van der Waals surface area contributed by atoms with Gasteiger partial charge >= 0.3 is 0 Å². The van der Waals surface area contributed by atoms with Crippen molar-refractivity contribution in [1.29, 1.82) is 0 Å². The van der Waals surface area contributed by atoms with Gasteiger partial charge in [0.1, 0.15) is 5.82 Å². The van der Waals surface area contributed by atoms with Crippen LogP contribution in [0.3, 0.4) is 0 Å². The van der Waals surface area contributed by atoms with Crippen molar-refractivity contribution in [2.75, 3.05) is 0 Å². The lowest BCUT2D eigenvalue weighted by Gasteiger charge is -2.35. The minimum atomic E-state index is -0.102. The molecule has 27 heavy (non-hydrogen) atoms. The van der Waals surface area contributed by atoms with Crippen molar-refractivity contribution >= 4 is 12.4 Å². The number of halogens is 2. The minimum Gasteiger partial charge on any atom is -0.504 e. The van der Waals surface area contributed by atoms with E-state index in [4.69, 9.17) is 4.74 Å². The van der Waals surface area contributed by atoms with Crippen molar-refractivity contribution in [1.82, 2.24) is 4.90 Å². The summed E-state index contributed by atoms with van der Waals surface area (Å²) in [6, 6.07) is 10.9. The molecule has 0 aromatic heterocycles. The molecule has 0 saturated carbocycles. The van der Waals surface area contributed by atoms with Crippen molar-refractivity contribution in [3.8, 4) is 11.5 Å². The summed E-state index contributed by atoms with van der Waals surface area (Å²) >= 11 is 0. The van der Waals surface area contributed by atoms with Crippen LogP contribution in [0.5, 0.6) is 11.5 Å². The van der Waals surface area contributed by atoms with Gasteiger partial charge in [-0.2, -0.15) is 0 Å². The van der Waals surface area contributed by atoms with Crippen LogP contribution >= 0.6 is 12.4 Å². The molecule has 1 heterocycles. The Morgan fingerprint density at radius 2 is 1.93 bits per heavy atom. The normalized spacial score (nSPS) is 14.1. The third-order valence-electron chi connectivity index (χ3n) is 5.19. The maximum atomic E-state index is 14.0. The Balaban J connectivity index is 0.00000261. The highest BCUT2D eigenvalue weighted by atomic mass is 35.5. The molecule has 3 nitrogen and oxygen atoms in total. The van der Waals surface area contributed by atoms with Crippen molar-refractivity contribution in [3.05, 3.63) is 58.9 Å². The van der Waals surface area contributed by atoms with Crippen LogP contribution in [0.4, 0.5) is 4.39 Å². The number of ether oxygens (including phenoxy) is 1. The van der Waals surface area contributed by atoms with Crippen molar-refractivity contribution in [3.63, 3.8) is 0 Å². The first-order chi connectivity index (χ1) is 12.3. The van der Waals surface area contributed by atoms with Crippen molar-refractivity contribution in [2.24, 2.45) is 0 Å². The van der Waals surface area contributed by atoms with Gasteiger partial charge in [-0.05, 0) is 69.9 Å². The van der Waals surface area contributed by atoms with E-state index in [-0.39, 0.29) is 35.6 Å². The van der Waals surface area contributed by atoms with Gasteiger partial charge in [0.05, 0.1) is 6.10 Å². The Morgan fingerprint density at radius 1 is 1.19 bits per heavy atom. The molecule has 148 valence electrons. The molecule has 0 spiro atoms. The average molecular weight is 394 g/mol. The SMILES string of the molecule is CC(C)Oc1cc(CCC(C)(C)N2Cc3cccc(F)c3C2)ccc1O.Cl. The molecule has 5 heteroatoms. The van der Waals surface area contributed by atoms with Crippen LogP contribution in [-0.4, -0.2) is 21.6 Å². The fourth-order valence-electron chi connectivity index (χ4n) is 3.48. The quantitative estimate of drug-likeness (QED) is 0.706. The second-order valence-electron chi connectivity index (χ2n) is 8.01. The van der Waals surface area contributed by atoms with E-state index in [1.54, 1.807) is 18.2 Å². The lowest BCUT2D eigenvalue weighted by Crippen LogP contribution is -2.40. The number of hydrogen-bond acceptors (Lipinski definition) is 3. The summed E-state index contributed by atoms with van der Waals surface area (Å²) < 4.78 is 19.7. The van der Waals surface area contributed by atoms with Gasteiger partial charge in [0, 0.05) is 24.2 Å². The predicted octanol–water partition coefficient (Wildman–Crippen LogP) is 5.47. The molecular weight excluding hydrogens is 365 g/mol. The highest BCUT2D eigenvalue weighted by molar-refractivity contribution is 5.85. The molecule has 0 bridgehead atoms. The number of phenolic OH excluding ortho intramolecular Hbond substituents is 1. The zero-order valence-electron chi connectivity index (χ0n) is 16.5. The van der Waals surface area contributed by atoms with E-state index < -0.39 is 0 Å². The molecule has 0 saturated heterocycles. The number of phenols is 1. The maximum absolute atomic E-state index is 14.0. The Hall–Kier alpha value is -1.78. The summed E-state index contributed by atoms with van der Waals surface area (Å²) in [5.41, 5.74) is 3.00. The molecule has 0 radical (unpaired) electrons. The molecule has 0 unspecified atom stereocenters. The smallest absolute Gasteiger partial charge is 0.161 e. The fourth-order valence-corrected chi connectivity index (χ4v) is 3.48. The molecule has 2 aromatic rings. The summed E-state index contributed by atoms with van der Waals surface area (Å²) in [4.78, 5) is 2.34. The summed E-state index contributed by atoms with van der Waals surface area (Å²) in [6.07, 6.45) is 1.83. The van der Waals surface area contributed by atoms with Crippen molar-refractivity contribution in [2.45, 2.75) is 65.3 Å². The van der Waals surface area contributed by atoms with Crippen LogP contribution in [0.15, 0.2) is 36.4 Å². The van der Waals surface area contributed by atoms with E-state index in [1.165, 1.54) is 0 Å². The molecular formula is C22H29ClFNO2. The first kappa shape index (κ1) is 21.5. The van der Waals surface area contributed by atoms with Crippen LogP contribution in [0.2, 0.25) is 0 Å². The molecule has 1 aliphatic rings. The molecule has 1 N–H and O–H groups in total. The van der Waals surface area contributed by atoms with Gasteiger partial charge in [0.2, 0.25) is 0 Å². The van der Waals surface area contributed by atoms with E-state index in [0.717, 1.165) is 36.1 Å². The number of fused-ring (bicyclic) bond motifs is 1. The first-order valence-corrected chi connectivity index (χ1v) is 9.26. The van der Waals surface area contributed by atoms with Crippen LogP contribution in [0, 0.1) is 5.82 Å². The minimum absolute atomic E-state index is 0. The first-order valence-electron chi connectivity index (χ1n) is 9.26. The maximum Gasteiger partial charge on any atom is 0.161 e. The van der Waals surface area contributed by atoms with E-state index in [1.807, 2.05) is 32.0 Å². The van der Waals surface area contributed by atoms with Gasteiger partial charge in [-0.3, -0.25) is 4.90 Å². The van der Waals surface area contributed by atoms with Crippen LogP contribution in [0.1, 0.15) is 50.8 Å². The summed E-state index contributed by atoms with van der Waals surface area (Å²) in [5, 5.41) is 9.94. The molecule has 0 fully saturated rings. The molecule has 0 aliphatic carbocycles. The Labute approximate surface area is 167 Å². The molecule has 2 aromatic carbocycles. The highest BCUT2D eigenvalue weighted by Gasteiger charge is 2.32. The Morgan fingerprint density at radius 3 is 2.59 bits per heavy atom. The molecule has 0 amide bonds. The van der Waals surface area contributed by atoms with E-state index >= 15 is 0 Å². The monoisotopic (exact) mass is 393 g/mol. The Bertz CT molecular complexity index is 792. The summed E-state index contributed by atoms with van der Waals surface area (Å²) in [7, 11) is 0. The standard InChI is InChI=1S/C22H28FNO2.ClH/c1-15(2)26-21-12-16(8-9-20(21)25)10-11-22(3,4)24-13-17-6-5-7-19(23)18(17)14-24;/h5-9,12,15,25H,10-11,13-14H2,1-4H3;1H. The van der Waals surface area contributed by atoms with Crippen LogP contribution in [0.25, 0.3) is 0 Å². The number of nitrogens with zero attached hydrogens (tertiary/aromatic N) is 1. The van der Waals surface area contributed by atoms with Crippen molar-refractivity contribution < 1.29 is 14.2 Å². The van der Waals surface area contributed by atoms with Crippen LogP contribution in [-0.2, 0) is 19.5 Å². The fraction of sp³-hybridized carbons (Fsp3) is 0.455. The number of aromatic hydroxyl groups is 1. The van der Waals surface area contributed by atoms with Gasteiger partial charge in [0.15, 0.2) is 11.5 Å². The number of benzene rings is 2. The van der Waals surface area contributed by atoms with Gasteiger partial charge in [-0.1, -0.05) is 18.2 Å². The number of rotatable bonds is 6. The van der Waals surface area contributed by atoms with Crippen LogP contribution < -0.4 is 4.74 Å². The van der Waals surface area contributed by atoms with Gasteiger partial charge < -0.3 is 9.84 Å². The third kappa shape index (κ3) is 4.94. The predicted molar refractivity (Wildman–Crippen MR) is 109 cm³/mol. The zero-order valence-corrected chi connectivity index (χ0v) is 17.3. The van der Waals surface area contributed by atoms with Gasteiger partial charge in [-0.25, -0.2) is 4.39 Å². The lowest BCUT2D eigenvalue weighted by atomic mass is 9.93. The van der Waals surface area contributed by atoms with Gasteiger partial charge in [-0.15, -0.1) is 12.4 Å². The third-order valence-corrected chi connectivity index (χ3v) is 5.19. The summed E-state index contributed by atoms with van der Waals surface area (Å²) in [5.74, 6) is 0.605. The number of aryl methyl sites for hydroxylation is 1. The van der Waals surface area contributed by atoms with E-state index in [9.17, 15) is 9.50 Å². The molecule has 0 atom stereocenters. The highest BCUT2D eigenvalue weighted by Crippen LogP contribution is 2.34. The average Bonchev–Trinajstić information content (AvgIpc) is 3.02. The van der Waals surface area contributed by atoms with Gasteiger partial charge in [0.25, 0.3) is 0 Å². The second kappa shape index (κ2) is 8.49.